The highest BCUT2D eigenvalue weighted by molar-refractivity contribution is 5.48. The van der Waals surface area contributed by atoms with E-state index in [4.69, 9.17) is 16.4 Å². The smallest absolute Gasteiger partial charge is 0.121 e. The third-order valence-corrected chi connectivity index (χ3v) is 1.93. The maximum absolute atomic E-state index is 8.37. The minimum Gasteiger partial charge on any atom is -0.493 e. The Morgan fingerprint density at radius 3 is 3.06 bits per heavy atom. The molecule has 0 aromatic heterocycles. The first-order valence-corrected chi connectivity index (χ1v) is 5.14. The predicted molar refractivity (Wildman–Crippen MR) is 64.1 cm³/mol. The van der Waals surface area contributed by atoms with Gasteiger partial charge in [-0.2, -0.15) is 5.26 Å². The normalized spacial score (nSPS) is 8.88. The Labute approximate surface area is 96.0 Å². The standard InChI is InChI=1S/C13H14N2O/c1-2-9-15-12-6-5-7-13(11-12)16-10-4-3-8-14/h1,5-7,11,15H,3-4,9-10H2. The van der Waals surface area contributed by atoms with Gasteiger partial charge in [-0.3, -0.25) is 0 Å². The molecule has 0 unspecified atom stereocenters. The molecule has 0 saturated heterocycles. The molecular weight excluding hydrogens is 200 g/mol. The fraction of sp³-hybridized carbons (Fsp3) is 0.308. The third kappa shape index (κ3) is 4.39. The van der Waals surface area contributed by atoms with E-state index in [1.54, 1.807) is 0 Å². The lowest BCUT2D eigenvalue weighted by molar-refractivity contribution is 0.313. The summed E-state index contributed by atoms with van der Waals surface area (Å²) >= 11 is 0. The van der Waals surface area contributed by atoms with Crippen LogP contribution in [-0.2, 0) is 0 Å². The van der Waals surface area contributed by atoms with Crippen molar-refractivity contribution in [1.29, 1.82) is 5.26 Å². The second-order valence-electron chi connectivity index (χ2n) is 3.20. The topological polar surface area (TPSA) is 45.0 Å². The average molecular weight is 214 g/mol. The lowest BCUT2D eigenvalue weighted by Crippen LogP contribution is -2.00. The summed E-state index contributed by atoms with van der Waals surface area (Å²) in [5, 5.41) is 11.4. The molecule has 3 nitrogen and oxygen atoms in total. The molecule has 1 N–H and O–H groups in total. The van der Waals surface area contributed by atoms with Crippen LogP contribution in [0, 0.1) is 23.7 Å². The first kappa shape index (κ1) is 11.9. The van der Waals surface area contributed by atoms with Crippen LogP contribution in [-0.4, -0.2) is 13.2 Å². The highest BCUT2D eigenvalue weighted by Crippen LogP contribution is 2.17. The summed E-state index contributed by atoms with van der Waals surface area (Å²) in [5.74, 6) is 3.30. The highest BCUT2D eigenvalue weighted by atomic mass is 16.5. The van der Waals surface area contributed by atoms with E-state index in [9.17, 15) is 0 Å². The van der Waals surface area contributed by atoms with Crippen LogP contribution in [0.15, 0.2) is 24.3 Å². The maximum Gasteiger partial charge on any atom is 0.121 e. The van der Waals surface area contributed by atoms with Gasteiger partial charge in [0.1, 0.15) is 5.75 Å². The summed E-state index contributed by atoms with van der Waals surface area (Å²) in [6.45, 7) is 1.06. The van der Waals surface area contributed by atoms with E-state index < -0.39 is 0 Å². The van der Waals surface area contributed by atoms with Crippen LogP contribution >= 0.6 is 0 Å². The molecule has 0 radical (unpaired) electrons. The van der Waals surface area contributed by atoms with Gasteiger partial charge < -0.3 is 10.1 Å². The van der Waals surface area contributed by atoms with Gasteiger partial charge in [0.2, 0.25) is 0 Å². The van der Waals surface area contributed by atoms with E-state index >= 15 is 0 Å². The minimum absolute atomic E-state index is 0.498. The van der Waals surface area contributed by atoms with E-state index in [0.29, 0.717) is 19.6 Å². The number of hydrogen-bond donors (Lipinski definition) is 1. The van der Waals surface area contributed by atoms with Crippen LogP contribution in [0.2, 0.25) is 0 Å². The molecule has 0 amide bonds. The number of hydrogen-bond acceptors (Lipinski definition) is 3. The molecule has 82 valence electrons. The van der Waals surface area contributed by atoms with Crippen LogP contribution < -0.4 is 10.1 Å². The van der Waals surface area contributed by atoms with Gasteiger partial charge in [0.25, 0.3) is 0 Å². The maximum atomic E-state index is 8.37. The van der Waals surface area contributed by atoms with Gasteiger partial charge in [0.15, 0.2) is 0 Å². The Balaban J connectivity index is 2.42. The van der Waals surface area contributed by atoms with Crippen LogP contribution in [0.25, 0.3) is 0 Å². The number of terminal acetylenes is 1. The minimum atomic E-state index is 0.498. The molecule has 0 bridgehead atoms. The molecule has 16 heavy (non-hydrogen) atoms. The van der Waals surface area contributed by atoms with Gasteiger partial charge >= 0.3 is 0 Å². The lowest BCUT2D eigenvalue weighted by Gasteiger charge is -2.07. The quantitative estimate of drug-likeness (QED) is 0.584. The molecule has 0 aliphatic rings. The number of rotatable bonds is 6. The summed E-state index contributed by atoms with van der Waals surface area (Å²) in [5.41, 5.74) is 0.940. The number of anilines is 1. The van der Waals surface area contributed by atoms with E-state index in [1.807, 2.05) is 24.3 Å². The van der Waals surface area contributed by atoms with Crippen molar-refractivity contribution in [3.05, 3.63) is 24.3 Å². The van der Waals surface area contributed by atoms with Crippen LogP contribution in [0.1, 0.15) is 12.8 Å². The van der Waals surface area contributed by atoms with Crippen molar-refractivity contribution in [2.24, 2.45) is 0 Å². The molecule has 1 aromatic rings. The molecule has 0 spiro atoms. The number of nitrogens with zero attached hydrogens (tertiary/aromatic N) is 1. The van der Waals surface area contributed by atoms with Crippen molar-refractivity contribution >= 4 is 5.69 Å². The Bertz CT molecular complexity index is 401. The molecule has 0 fully saturated rings. The number of benzene rings is 1. The van der Waals surface area contributed by atoms with E-state index in [1.165, 1.54) is 0 Å². The molecular formula is C13H14N2O. The molecule has 0 aliphatic heterocycles. The SMILES string of the molecule is C#CCNc1cccc(OCCCC#N)c1. The largest absolute Gasteiger partial charge is 0.493 e. The van der Waals surface area contributed by atoms with Crippen LogP contribution in [0.4, 0.5) is 5.69 Å². The van der Waals surface area contributed by atoms with Crippen molar-refractivity contribution in [3.8, 4) is 24.2 Å². The number of nitrogens with one attached hydrogen (secondary N) is 1. The average Bonchev–Trinajstić information content (AvgIpc) is 2.33. The van der Waals surface area contributed by atoms with E-state index in [-0.39, 0.29) is 0 Å². The highest BCUT2D eigenvalue weighted by Gasteiger charge is 1.95. The van der Waals surface area contributed by atoms with Gasteiger partial charge in [0, 0.05) is 18.2 Å². The molecule has 3 heteroatoms. The van der Waals surface area contributed by atoms with E-state index in [0.717, 1.165) is 17.9 Å². The Kier molecular flexibility index (Phi) is 5.37. The van der Waals surface area contributed by atoms with Crippen molar-refractivity contribution < 1.29 is 4.74 Å². The third-order valence-electron chi connectivity index (χ3n) is 1.93. The predicted octanol–water partition coefficient (Wildman–Crippen LogP) is 2.41. The first-order valence-electron chi connectivity index (χ1n) is 5.14. The fourth-order valence-corrected chi connectivity index (χ4v) is 1.19. The van der Waals surface area contributed by atoms with Crippen molar-refractivity contribution in [2.75, 3.05) is 18.5 Å². The zero-order valence-corrected chi connectivity index (χ0v) is 9.07. The Hall–Kier alpha value is -2.13. The Morgan fingerprint density at radius 1 is 1.44 bits per heavy atom. The second-order valence-corrected chi connectivity index (χ2v) is 3.20. The summed E-state index contributed by atoms with van der Waals surface area (Å²) < 4.78 is 5.49. The van der Waals surface area contributed by atoms with Gasteiger partial charge in [-0.05, 0) is 18.6 Å². The molecule has 1 aromatic carbocycles. The lowest BCUT2D eigenvalue weighted by atomic mass is 10.3. The second kappa shape index (κ2) is 7.20. The zero-order chi connectivity index (χ0) is 11.6. The van der Waals surface area contributed by atoms with Crippen molar-refractivity contribution in [3.63, 3.8) is 0 Å². The number of unbranched alkanes of at least 4 members (excludes halogenated alkanes) is 1. The van der Waals surface area contributed by atoms with Gasteiger partial charge in [-0.25, -0.2) is 0 Å². The van der Waals surface area contributed by atoms with Gasteiger partial charge in [-0.1, -0.05) is 12.0 Å². The zero-order valence-electron chi connectivity index (χ0n) is 9.07. The summed E-state index contributed by atoms with van der Waals surface area (Å²) in [6, 6.07) is 9.69. The van der Waals surface area contributed by atoms with Crippen molar-refractivity contribution in [1.82, 2.24) is 0 Å². The summed E-state index contributed by atoms with van der Waals surface area (Å²) in [4.78, 5) is 0. The molecule has 0 atom stereocenters. The van der Waals surface area contributed by atoms with E-state index in [2.05, 4.69) is 17.3 Å². The number of nitriles is 1. The fourth-order valence-electron chi connectivity index (χ4n) is 1.19. The van der Waals surface area contributed by atoms with Gasteiger partial charge in [-0.15, -0.1) is 6.42 Å². The van der Waals surface area contributed by atoms with Crippen LogP contribution in [0.5, 0.6) is 5.75 Å². The van der Waals surface area contributed by atoms with Crippen molar-refractivity contribution in [2.45, 2.75) is 12.8 Å². The molecule has 0 saturated carbocycles. The molecule has 1 rings (SSSR count). The summed E-state index contributed by atoms with van der Waals surface area (Å²) in [6.07, 6.45) is 6.42. The van der Waals surface area contributed by atoms with Crippen LogP contribution in [0.3, 0.4) is 0 Å². The first-order chi connectivity index (χ1) is 7.86. The monoisotopic (exact) mass is 214 g/mol. The number of ether oxygens (including phenoxy) is 1. The van der Waals surface area contributed by atoms with Gasteiger partial charge in [0.05, 0.1) is 19.2 Å². The molecule has 0 heterocycles. The summed E-state index contributed by atoms with van der Waals surface area (Å²) in [7, 11) is 0. The Morgan fingerprint density at radius 2 is 2.31 bits per heavy atom. The molecule has 0 aliphatic carbocycles.